The maximum absolute atomic E-state index is 11.8. The molecule has 0 bridgehead atoms. The molecule has 0 heterocycles. The minimum absolute atomic E-state index is 0.502. The predicted molar refractivity (Wildman–Crippen MR) is 78.1 cm³/mol. The summed E-state index contributed by atoms with van der Waals surface area (Å²) in [4.78, 5) is 22.5. The molecule has 0 spiro atoms. The van der Waals surface area contributed by atoms with Crippen molar-refractivity contribution in [3.05, 3.63) is 39.9 Å². The lowest BCUT2D eigenvalue weighted by molar-refractivity contribution is -0.514. The van der Waals surface area contributed by atoms with Crippen molar-refractivity contribution in [2.75, 3.05) is 14.2 Å². The monoisotopic (exact) mass is 295 g/mol. The molecule has 2 unspecified atom stereocenters. The van der Waals surface area contributed by atoms with Crippen LogP contribution in [0, 0.1) is 10.1 Å². The molecule has 0 fully saturated rings. The first kappa shape index (κ1) is 16.9. The summed E-state index contributed by atoms with van der Waals surface area (Å²) < 4.78 is 9.68. The van der Waals surface area contributed by atoms with Gasteiger partial charge in [-0.25, -0.2) is 4.79 Å². The summed E-state index contributed by atoms with van der Waals surface area (Å²) in [6.45, 7) is 2.00. The molecular formula is C15H21NO5. The summed E-state index contributed by atoms with van der Waals surface area (Å²) in [7, 11) is 2.72. The summed E-state index contributed by atoms with van der Waals surface area (Å²) in [6, 6.07) is 5.62. The van der Waals surface area contributed by atoms with Crippen LogP contribution in [0.1, 0.15) is 37.7 Å². The highest BCUT2D eigenvalue weighted by Crippen LogP contribution is 2.29. The van der Waals surface area contributed by atoms with E-state index >= 15 is 0 Å². The van der Waals surface area contributed by atoms with Gasteiger partial charge in [0.15, 0.2) is 0 Å². The third kappa shape index (κ3) is 4.44. The van der Waals surface area contributed by atoms with Gasteiger partial charge in [-0.3, -0.25) is 10.1 Å². The van der Waals surface area contributed by atoms with Crippen molar-refractivity contribution in [2.45, 2.75) is 38.1 Å². The Labute approximate surface area is 124 Å². The Morgan fingerprint density at radius 2 is 1.90 bits per heavy atom. The van der Waals surface area contributed by atoms with Crippen LogP contribution in [0.15, 0.2) is 24.3 Å². The smallest absolute Gasteiger partial charge is 0.382 e. The van der Waals surface area contributed by atoms with E-state index in [-0.39, 0.29) is 0 Å². The lowest BCUT2D eigenvalue weighted by Gasteiger charge is -2.19. The Bertz CT molecular complexity index is 471. The van der Waals surface area contributed by atoms with Crippen LogP contribution in [0.3, 0.4) is 0 Å². The van der Waals surface area contributed by atoms with Crippen molar-refractivity contribution in [2.24, 2.45) is 0 Å². The quantitative estimate of drug-likeness (QED) is 0.418. The van der Waals surface area contributed by atoms with Gasteiger partial charge in [-0.2, -0.15) is 0 Å². The second-order valence-electron chi connectivity index (χ2n) is 4.78. The number of carbonyl (C=O) groups is 1. The van der Waals surface area contributed by atoms with Crippen molar-refractivity contribution in [1.82, 2.24) is 0 Å². The van der Waals surface area contributed by atoms with E-state index < -0.39 is 22.9 Å². The van der Waals surface area contributed by atoms with Crippen LogP contribution in [0.2, 0.25) is 0 Å². The third-order valence-corrected chi connectivity index (χ3v) is 3.46. The van der Waals surface area contributed by atoms with E-state index in [4.69, 9.17) is 4.74 Å². The molecule has 2 atom stereocenters. The van der Waals surface area contributed by atoms with Gasteiger partial charge in [-0.15, -0.1) is 0 Å². The fraction of sp³-hybridized carbons (Fsp3) is 0.533. The number of hydrogen-bond donors (Lipinski definition) is 0. The molecule has 0 N–H and O–H groups in total. The number of nitro groups is 1. The average molecular weight is 295 g/mol. The lowest BCUT2D eigenvalue weighted by Crippen LogP contribution is -2.36. The Balaban J connectivity index is 3.11. The Kier molecular flexibility index (Phi) is 6.65. The fourth-order valence-corrected chi connectivity index (χ4v) is 2.30. The molecule has 0 aliphatic heterocycles. The molecule has 6 heteroatoms. The molecule has 0 amide bonds. The van der Waals surface area contributed by atoms with Crippen molar-refractivity contribution in [3.8, 4) is 5.75 Å². The van der Waals surface area contributed by atoms with E-state index in [1.807, 2.05) is 6.92 Å². The highest BCUT2D eigenvalue weighted by atomic mass is 16.6. The zero-order valence-electron chi connectivity index (χ0n) is 12.6. The highest BCUT2D eigenvalue weighted by molar-refractivity contribution is 5.75. The summed E-state index contributed by atoms with van der Waals surface area (Å²) in [6.07, 6.45) is 2.26. The van der Waals surface area contributed by atoms with Crippen molar-refractivity contribution in [1.29, 1.82) is 0 Å². The van der Waals surface area contributed by atoms with Crippen molar-refractivity contribution >= 4 is 5.97 Å². The molecule has 1 aromatic carbocycles. The SMILES string of the molecule is CCCCC(c1ccc(OC)cc1)C(C(=O)OC)[N+](=O)[O-]. The van der Waals surface area contributed by atoms with E-state index in [0.29, 0.717) is 12.2 Å². The number of benzene rings is 1. The Morgan fingerprint density at radius 3 is 2.33 bits per heavy atom. The molecule has 0 saturated carbocycles. The lowest BCUT2D eigenvalue weighted by atomic mass is 9.87. The topological polar surface area (TPSA) is 78.7 Å². The molecular weight excluding hydrogens is 274 g/mol. The summed E-state index contributed by atoms with van der Waals surface area (Å²) >= 11 is 0. The van der Waals surface area contributed by atoms with Gasteiger partial charge in [-0.05, 0) is 24.1 Å². The molecule has 1 aromatic rings. The number of nitrogens with zero attached hydrogens (tertiary/aromatic N) is 1. The minimum Gasteiger partial charge on any atom is -0.497 e. The van der Waals surface area contributed by atoms with E-state index in [1.165, 1.54) is 7.11 Å². The maximum Gasteiger partial charge on any atom is 0.382 e. The average Bonchev–Trinajstić information content (AvgIpc) is 2.50. The second kappa shape index (κ2) is 8.24. The second-order valence-corrected chi connectivity index (χ2v) is 4.78. The predicted octanol–water partition coefficient (Wildman–Crippen LogP) is 2.79. The molecule has 0 aliphatic rings. The van der Waals surface area contributed by atoms with Gasteiger partial charge in [-0.1, -0.05) is 31.9 Å². The van der Waals surface area contributed by atoms with E-state index in [1.54, 1.807) is 31.4 Å². The highest BCUT2D eigenvalue weighted by Gasteiger charge is 2.40. The Morgan fingerprint density at radius 1 is 1.29 bits per heavy atom. The normalized spacial score (nSPS) is 13.3. The van der Waals surface area contributed by atoms with Gasteiger partial charge < -0.3 is 9.47 Å². The van der Waals surface area contributed by atoms with E-state index in [2.05, 4.69) is 4.74 Å². The van der Waals surface area contributed by atoms with Crippen molar-refractivity contribution in [3.63, 3.8) is 0 Å². The largest absolute Gasteiger partial charge is 0.497 e. The van der Waals surface area contributed by atoms with Gasteiger partial charge >= 0.3 is 12.0 Å². The van der Waals surface area contributed by atoms with E-state index in [9.17, 15) is 14.9 Å². The van der Waals surface area contributed by atoms with Gasteiger partial charge in [0.25, 0.3) is 0 Å². The summed E-state index contributed by atoms with van der Waals surface area (Å²) in [5.74, 6) is -0.640. The van der Waals surface area contributed by atoms with Gasteiger partial charge in [0.05, 0.1) is 20.1 Å². The zero-order valence-corrected chi connectivity index (χ0v) is 12.6. The number of methoxy groups -OCH3 is 2. The third-order valence-electron chi connectivity index (χ3n) is 3.46. The molecule has 6 nitrogen and oxygen atoms in total. The molecule has 0 saturated heterocycles. The number of unbranched alkanes of at least 4 members (excludes halogenated alkanes) is 1. The van der Waals surface area contributed by atoms with Crippen LogP contribution >= 0.6 is 0 Å². The Hall–Kier alpha value is -2.11. The molecule has 0 aliphatic carbocycles. The molecule has 0 aromatic heterocycles. The van der Waals surface area contributed by atoms with E-state index in [0.717, 1.165) is 18.4 Å². The molecule has 0 radical (unpaired) electrons. The van der Waals surface area contributed by atoms with Crippen LogP contribution in [0.4, 0.5) is 0 Å². The van der Waals surface area contributed by atoms with Crippen LogP contribution in [0.25, 0.3) is 0 Å². The standard InChI is InChI=1S/C15H21NO5/c1-4-5-6-13(14(16(18)19)15(17)21-3)11-7-9-12(20-2)10-8-11/h7-10,13-14H,4-6H2,1-3H3. The fourth-order valence-electron chi connectivity index (χ4n) is 2.30. The summed E-state index contributed by atoms with van der Waals surface area (Å²) in [5, 5.41) is 11.3. The van der Waals surface area contributed by atoms with Gasteiger partial charge in [0, 0.05) is 4.92 Å². The number of hydrogen-bond acceptors (Lipinski definition) is 5. The molecule has 21 heavy (non-hydrogen) atoms. The first-order valence-electron chi connectivity index (χ1n) is 6.90. The van der Waals surface area contributed by atoms with Crippen molar-refractivity contribution < 1.29 is 19.2 Å². The first-order valence-corrected chi connectivity index (χ1v) is 6.90. The number of rotatable bonds is 8. The minimum atomic E-state index is -1.38. The zero-order chi connectivity index (χ0) is 15.8. The molecule has 1 rings (SSSR count). The van der Waals surface area contributed by atoms with Crippen LogP contribution in [-0.2, 0) is 9.53 Å². The number of carbonyl (C=O) groups excluding carboxylic acids is 1. The van der Waals surface area contributed by atoms with Gasteiger partial charge in [0.1, 0.15) is 5.75 Å². The first-order chi connectivity index (χ1) is 10.0. The van der Waals surface area contributed by atoms with Crippen LogP contribution < -0.4 is 4.74 Å². The van der Waals surface area contributed by atoms with Gasteiger partial charge in [0.2, 0.25) is 0 Å². The molecule has 116 valence electrons. The van der Waals surface area contributed by atoms with Crippen LogP contribution in [-0.4, -0.2) is 31.2 Å². The maximum atomic E-state index is 11.8. The number of ether oxygens (including phenoxy) is 2. The number of esters is 1. The summed E-state index contributed by atoms with van der Waals surface area (Å²) in [5.41, 5.74) is 0.747. The van der Waals surface area contributed by atoms with Crippen LogP contribution in [0.5, 0.6) is 5.75 Å².